The molecule has 12 heteroatoms. The Morgan fingerprint density at radius 2 is 1.60 bits per heavy atom. The lowest BCUT2D eigenvalue weighted by molar-refractivity contribution is -0.153. The van der Waals surface area contributed by atoms with Crippen molar-refractivity contribution in [1.29, 1.82) is 0 Å². The van der Waals surface area contributed by atoms with Gasteiger partial charge in [-0.2, -0.15) is 0 Å². The van der Waals surface area contributed by atoms with Gasteiger partial charge in [-0.1, -0.05) is 46.4 Å². The van der Waals surface area contributed by atoms with Crippen molar-refractivity contribution in [3.63, 3.8) is 0 Å². The van der Waals surface area contributed by atoms with Gasteiger partial charge in [-0.25, -0.2) is 4.98 Å². The fourth-order valence-corrected chi connectivity index (χ4v) is 3.32. The molecule has 1 N–H and O–H groups in total. The van der Waals surface area contributed by atoms with Crippen LogP contribution in [0.5, 0.6) is 0 Å². The Labute approximate surface area is 190 Å². The molecule has 0 fully saturated rings. The van der Waals surface area contributed by atoms with Crippen molar-refractivity contribution in [2.45, 2.75) is 13.0 Å². The van der Waals surface area contributed by atoms with E-state index in [-0.39, 0.29) is 37.0 Å². The largest absolute Gasteiger partial charge is 0.451 e. The van der Waals surface area contributed by atoms with Crippen molar-refractivity contribution in [2.24, 2.45) is 0 Å². The average molecular weight is 491 g/mol. The highest BCUT2D eigenvalue weighted by Gasteiger charge is 2.38. The zero-order valence-electron chi connectivity index (χ0n) is 15.0. The maximum absolute atomic E-state index is 12.4. The van der Waals surface area contributed by atoms with Gasteiger partial charge in [-0.15, -0.1) is 0 Å². The SMILES string of the molecule is CC(OC(=O)CN1C(=O)c2cc(Cl)c(Cl)cc2C1=O)C(=O)Nc1ncc(Cl)cc1Cl. The number of benzene rings is 1. The van der Waals surface area contributed by atoms with Gasteiger partial charge in [0.15, 0.2) is 11.9 Å². The molecule has 3 amide bonds. The Morgan fingerprint density at radius 3 is 2.13 bits per heavy atom. The first kappa shape index (κ1) is 22.3. The van der Waals surface area contributed by atoms with Gasteiger partial charge >= 0.3 is 5.97 Å². The quantitative estimate of drug-likeness (QED) is 0.503. The van der Waals surface area contributed by atoms with Crippen LogP contribution in [-0.2, 0) is 14.3 Å². The van der Waals surface area contributed by atoms with Crippen LogP contribution < -0.4 is 5.32 Å². The third-order valence-corrected chi connectivity index (χ3v) is 5.24. The summed E-state index contributed by atoms with van der Waals surface area (Å²) in [4.78, 5) is 53.8. The Morgan fingerprint density at radius 1 is 1.03 bits per heavy atom. The number of anilines is 1. The van der Waals surface area contributed by atoms with Crippen molar-refractivity contribution in [1.82, 2.24) is 9.88 Å². The molecule has 1 aromatic carbocycles. The van der Waals surface area contributed by atoms with E-state index in [2.05, 4.69) is 10.3 Å². The van der Waals surface area contributed by atoms with E-state index in [1.165, 1.54) is 31.3 Å². The Bertz CT molecular complexity index is 1050. The fraction of sp³-hybridized carbons (Fsp3) is 0.167. The maximum Gasteiger partial charge on any atom is 0.326 e. The van der Waals surface area contributed by atoms with Gasteiger partial charge in [0.1, 0.15) is 6.54 Å². The molecular formula is C18H11Cl4N3O5. The number of carbonyl (C=O) groups excluding carboxylic acids is 4. The summed E-state index contributed by atoms with van der Waals surface area (Å²) >= 11 is 23.4. The molecule has 2 aromatic rings. The molecule has 0 saturated heterocycles. The topological polar surface area (TPSA) is 106 Å². The molecule has 2 heterocycles. The first-order valence-electron chi connectivity index (χ1n) is 8.25. The van der Waals surface area contributed by atoms with Crippen LogP contribution in [0, 0.1) is 0 Å². The molecule has 0 aliphatic carbocycles. The van der Waals surface area contributed by atoms with Crippen LogP contribution >= 0.6 is 46.4 Å². The summed E-state index contributed by atoms with van der Waals surface area (Å²) in [6.45, 7) is 0.609. The zero-order chi connectivity index (χ0) is 22.2. The van der Waals surface area contributed by atoms with Crippen LogP contribution in [0.1, 0.15) is 27.6 Å². The highest BCUT2D eigenvalue weighted by Crippen LogP contribution is 2.31. The molecule has 1 atom stereocenters. The second kappa shape index (κ2) is 8.77. The monoisotopic (exact) mass is 489 g/mol. The number of fused-ring (bicyclic) bond motifs is 1. The van der Waals surface area contributed by atoms with E-state index in [1.807, 2.05) is 0 Å². The number of amides is 3. The minimum absolute atomic E-state index is 0.0245. The number of pyridine rings is 1. The van der Waals surface area contributed by atoms with E-state index < -0.39 is 36.3 Å². The fourth-order valence-electron chi connectivity index (χ4n) is 2.57. The van der Waals surface area contributed by atoms with E-state index in [9.17, 15) is 19.2 Å². The molecule has 8 nitrogen and oxygen atoms in total. The van der Waals surface area contributed by atoms with Gasteiger partial charge in [0.2, 0.25) is 0 Å². The van der Waals surface area contributed by atoms with E-state index in [0.717, 1.165) is 0 Å². The molecule has 156 valence electrons. The maximum atomic E-state index is 12.4. The number of rotatable bonds is 5. The van der Waals surface area contributed by atoms with E-state index in [1.54, 1.807) is 0 Å². The number of carbonyl (C=O) groups is 4. The number of halogens is 4. The minimum atomic E-state index is -1.26. The van der Waals surface area contributed by atoms with Gasteiger partial charge < -0.3 is 10.1 Å². The van der Waals surface area contributed by atoms with Crippen molar-refractivity contribution >= 4 is 75.9 Å². The zero-order valence-corrected chi connectivity index (χ0v) is 18.1. The predicted octanol–water partition coefficient (Wildman–Crippen LogP) is 3.86. The van der Waals surface area contributed by atoms with Crippen LogP contribution in [-0.4, -0.2) is 46.2 Å². The van der Waals surface area contributed by atoms with Crippen LogP contribution in [0.25, 0.3) is 0 Å². The second-order valence-electron chi connectivity index (χ2n) is 6.11. The standard InChI is InChI=1S/C18H11Cl4N3O5/c1-7(16(27)24-15-13(22)2-8(19)5-23-15)30-14(26)6-25-17(28)9-3-11(20)12(21)4-10(9)18(25)29/h2-5,7H,6H2,1H3,(H,23,24,27). The van der Waals surface area contributed by atoms with E-state index in [0.29, 0.717) is 4.90 Å². The molecule has 0 spiro atoms. The van der Waals surface area contributed by atoms with Crippen molar-refractivity contribution in [3.05, 3.63) is 55.6 Å². The van der Waals surface area contributed by atoms with E-state index >= 15 is 0 Å². The second-order valence-corrected chi connectivity index (χ2v) is 7.77. The van der Waals surface area contributed by atoms with Gasteiger partial charge in [0.05, 0.1) is 31.2 Å². The molecule has 0 bridgehead atoms. The number of hydrogen-bond acceptors (Lipinski definition) is 6. The lowest BCUT2D eigenvalue weighted by Crippen LogP contribution is -2.38. The highest BCUT2D eigenvalue weighted by molar-refractivity contribution is 6.43. The lowest BCUT2D eigenvalue weighted by Gasteiger charge is -2.16. The molecule has 0 saturated carbocycles. The summed E-state index contributed by atoms with van der Waals surface area (Å²) in [6.07, 6.45) is 0.0191. The summed E-state index contributed by atoms with van der Waals surface area (Å²) in [5.74, 6) is -3.11. The lowest BCUT2D eigenvalue weighted by atomic mass is 10.1. The molecule has 1 aromatic heterocycles. The summed E-state index contributed by atoms with van der Waals surface area (Å²) in [5, 5.41) is 2.96. The summed E-state index contributed by atoms with van der Waals surface area (Å²) in [7, 11) is 0. The van der Waals surface area contributed by atoms with Crippen LogP contribution in [0.3, 0.4) is 0 Å². The number of ether oxygens (including phenoxy) is 1. The van der Waals surface area contributed by atoms with Crippen LogP contribution in [0.2, 0.25) is 20.1 Å². The van der Waals surface area contributed by atoms with Gasteiger partial charge in [-0.05, 0) is 25.1 Å². The Kier molecular flexibility index (Phi) is 6.52. The minimum Gasteiger partial charge on any atom is -0.451 e. The third-order valence-electron chi connectivity index (χ3n) is 4.03. The molecule has 3 rings (SSSR count). The van der Waals surface area contributed by atoms with Crippen molar-refractivity contribution < 1.29 is 23.9 Å². The smallest absolute Gasteiger partial charge is 0.326 e. The normalized spacial score (nSPS) is 13.8. The molecule has 30 heavy (non-hydrogen) atoms. The third kappa shape index (κ3) is 4.52. The van der Waals surface area contributed by atoms with Gasteiger partial charge in [0, 0.05) is 6.20 Å². The molecule has 0 radical (unpaired) electrons. The number of imide groups is 1. The number of hydrogen-bond donors (Lipinski definition) is 1. The molecular weight excluding hydrogens is 480 g/mol. The molecule has 1 aliphatic rings. The Balaban J connectivity index is 1.63. The number of nitrogens with one attached hydrogen (secondary N) is 1. The van der Waals surface area contributed by atoms with Crippen LogP contribution in [0.15, 0.2) is 24.4 Å². The number of nitrogens with zero attached hydrogens (tertiary/aromatic N) is 2. The first-order valence-corrected chi connectivity index (χ1v) is 9.76. The summed E-state index contributed by atoms with van der Waals surface area (Å²) in [6, 6.07) is 3.89. The van der Waals surface area contributed by atoms with Gasteiger partial charge in [-0.3, -0.25) is 24.1 Å². The number of aromatic nitrogens is 1. The van der Waals surface area contributed by atoms with Crippen molar-refractivity contribution in [3.8, 4) is 0 Å². The van der Waals surface area contributed by atoms with Crippen molar-refractivity contribution in [2.75, 3.05) is 11.9 Å². The number of esters is 1. The Hall–Kier alpha value is -2.39. The summed E-state index contributed by atoms with van der Waals surface area (Å²) in [5.41, 5.74) is 0.0490. The molecule has 1 unspecified atom stereocenters. The van der Waals surface area contributed by atoms with Crippen LogP contribution in [0.4, 0.5) is 5.82 Å². The van der Waals surface area contributed by atoms with E-state index in [4.69, 9.17) is 51.1 Å². The summed E-state index contributed by atoms with van der Waals surface area (Å²) < 4.78 is 5.01. The molecule has 1 aliphatic heterocycles. The average Bonchev–Trinajstić information content (AvgIpc) is 2.88. The first-order chi connectivity index (χ1) is 14.1. The predicted molar refractivity (Wildman–Crippen MR) is 110 cm³/mol. The van der Waals surface area contributed by atoms with Gasteiger partial charge in [0.25, 0.3) is 17.7 Å². The highest BCUT2D eigenvalue weighted by atomic mass is 35.5.